The number of likely N-dealkylation sites (N-methyl/N-ethyl adjacent to an activating group) is 1. The first-order chi connectivity index (χ1) is 10.1. The monoisotopic (exact) mass is 423 g/mol. The third-order valence-electron chi connectivity index (χ3n) is 3.46. The van der Waals surface area contributed by atoms with E-state index in [1.807, 2.05) is 14.1 Å². The molecule has 0 saturated heterocycles. The summed E-state index contributed by atoms with van der Waals surface area (Å²) in [5.74, 6) is 1.80. The van der Waals surface area contributed by atoms with Crippen LogP contribution in [0.25, 0.3) is 0 Å². The van der Waals surface area contributed by atoms with E-state index in [0.29, 0.717) is 6.54 Å². The fourth-order valence-electron chi connectivity index (χ4n) is 2.21. The Bertz CT molecular complexity index is 433. The average molecular weight is 423 g/mol. The minimum absolute atomic E-state index is 0. The van der Waals surface area contributed by atoms with Gasteiger partial charge in [-0.2, -0.15) is 5.10 Å². The molecule has 0 spiro atoms. The molecule has 1 aromatic rings. The number of aryl methyl sites for hydroxylation is 1. The zero-order valence-electron chi connectivity index (χ0n) is 14.4. The van der Waals surface area contributed by atoms with Gasteiger partial charge in [-0.3, -0.25) is 9.67 Å². The second kappa shape index (κ2) is 11.6. The Morgan fingerprint density at radius 3 is 2.59 bits per heavy atom. The van der Waals surface area contributed by atoms with Gasteiger partial charge in [-0.25, -0.2) is 4.98 Å². The minimum Gasteiger partial charge on any atom is -0.355 e. The zero-order chi connectivity index (χ0) is 15.7. The number of rotatable bonds is 8. The number of guanidine groups is 1. The number of hydrogen-bond donors (Lipinski definition) is 1. The fraction of sp³-hybridized carbons (Fsp3) is 0.786. The van der Waals surface area contributed by atoms with E-state index in [2.05, 4.69) is 44.0 Å². The first kappa shape index (κ1) is 21.1. The van der Waals surface area contributed by atoms with Gasteiger partial charge in [0.25, 0.3) is 0 Å². The summed E-state index contributed by atoms with van der Waals surface area (Å²) in [6.45, 7) is 9.25. The summed E-state index contributed by atoms with van der Waals surface area (Å²) in [6.07, 6.45) is 2.76. The molecule has 1 N–H and O–H groups in total. The highest BCUT2D eigenvalue weighted by molar-refractivity contribution is 14.0. The lowest BCUT2D eigenvalue weighted by Gasteiger charge is -2.24. The van der Waals surface area contributed by atoms with E-state index in [4.69, 9.17) is 0 Å². The fourth-order valence-corrected chi connectivity index (χ4v) is 2.21. The van der Waals surface area contributed by atoms with Crippen molar-refractivity contribution in [1.29, 1.82) is 0 Å². The van der Waals surface area contributed by atoms with Crippen LogP contribution >= 0.6 is 24.0 Å². The van der Waals surface area contributed by atoms with Crippen molar-refractivity contribution < 1.29 is 0 Å². The van der Waals surface area contributed by atoms with E-state index in [1.165, 1.54) is 6.42 Å². The van der Waals surface area contributed by atoms with E-state index < -0.39 is 0 Å². The summed E-state index contributed by atoms with van der Waals surface area (Å²) in [4.78, 5) is 13.0. The summed E-state index contributed by atoms with van der Waals surface area (Å²) < 4.78 is 1.78. The Morgan fingerprint density at radius 2 is 2.09 bits per heavy atom. The maximum Gasteiger partial charge on any atom is 0.193 e. The summed E-state index contributed by atoms with van der Waals surface area (Å²) in [5, 5.41) is 7.48. The lowest BCUT2D eigenvalue weighted by atomic mass is 10.4. The standard InChI is InChI=1S/C14H29N7.HI/c1-6-9-21(7-2)10-8-16-14(15-3)19(4)11-13-17-12-18-20(13)5;/h12H,6-11H2,1-5H3,(H,15,16);1H. The number of aliphatic imine (C=N–C) groups is 1. The minimum atomic E-state index is 0. The molecule has 0 aliphatic heterocycles. The Labute approximate surface area is 151 Å². The van der Waals surface area contributed by atoms with Gasteiger partial charge in [-0.15, -0.1) is 24.0 Å². The molecule has 1 heterocycles. The first-order valence-corrected chi connectivity index (χ1v) is 7.59. The van der Waals surface area contributed by atoms with Crippen LogP contribution in [0.4, 0.5) is 0 Å². The van der Waals surface area contributed by atoms with Gasteiger partial charge in [-0.1, -0.05) is 13.8 Å². The van der Waals surface area contributed by atoms with E-state index in [0.717, 1.165) is 38.0 Å². The van der Waals surface area contributed by atoms with Gasteiger partial charge >= 0.3 is 0 Å². The Balaban J connectivity index is 0.00000441. The molecular weight excluding hydrogens is 393 g/mol. The maximum absolute atomic E-state index is 4.32. The van der Waals surface area contributed by atoms with Crippen LogP contribution in [0.1, 0.15) is 26.1 Å². The maximum atomic E-state index is 4.32. The molecule has 128 valence electrons. The lowest BCUT2D eigenvalue weighted by Crippen LogP contribution is -2.42. The van der Waals surface area contributed by atoms with Crippen molar-refractivity contribution in [1.82, 2.24) is 29.9 Å². The van der Waals surface area contributed by atoms with Crippen LogP contribution in [0.2, 0.25) is 0 Å². The molecule has 0 aliphatic rings. The molecule has 1 aromatic heterocycles. The SMILES string of the molecule is CCCN(CC)CCNC(=NC)N(C)Cc1ncnn1C.I. The Morgan fingerprint density at radius 1 is 1.36 bits per heavy atom. The largest absolute Gasteiger partial charge is 0.355 e. The molecule has 0 radical (unpaired) electrons. The van der Waals surface area contributed by atoms with Gasteiger partial charge in [0.05, 0.1) is 6.54 Å². The van der Waals surface area contributed by atoms with Crippen LogP contribution in [0.15, 0.2) is 11.3 Å². The summed E-state index contributed by atoms with van der Waals surface area (Å²) >= 11 is 0. The third-order valence-corrected chi connectivity index (χ3v) is 3.46. The van der Waals surface area contributed by atoms with Gasteiger partial charge < -0.3 is 15.1 Å². The second-order valence-electron chi connectivity index (χ2n) is 5.06. The number of hydrogen-bond acceptors (Lipinski definition) is 4. The van der Waals surface area contributed by atoms with Crippen molar-refractivity contribution in [2.24, 2.45) is 12.0 Å². The molecule has 0 bridgehead atoms. The van der Waals surface area contributed by atoms with Crippen LogP contribution in [-0.4, -0.2) is 70.8 Å². The molecule has 0 atom stereocenters. The molecular formula is C14H30IN7. The topological polar surface area (TPSA) is 61.6 Å². The molecule has 0 aliphatic carbocycles. The predicted molar refractivity (Wildman–Crippen MR) is 102 cm³/mol. The Hall–Kier alpha value is -0.900. The van der Waals surface area contributed by atoms with Crippen LogP contribution in [0.3, 0.4) is 0 Å². The van der Waals surface area contributed by atoms with Crippen molar-refractivity contribution in [2.45, 2.75) is 26.8 Å². The number of aromatic nitrogens is 3. The molecule has 0 unspecified atom stereocenters. The quantitative estimate of drug-likeness (QED) is 0.387. The van der Waals surface area contributed by atoms with Crippen molar-refractivity contribution in [3.8, 4) is 0 Å². The summed E-state index contributed by atoms with van der Waals surface area (Å²) in [5.41, 5.74) is 0. The van der Waals surface area contributed by atoms with Gasteiger partial charge in [0.1, 0.15) is 12.2 Å². The highest BCUT2D eigenvalue weighted by atomic mass is 127. The van der Waals surface area contributed by atoms with Gasteiger partial charge in [0, 0.05) is 34.2 Å². The van der Waals surface area contributed by atoms with Crippen LogP contribution in [-0.2, 0) is 13.6 Å². The normalized spacial score (nSPS) is 11.5. The van der Waals surface area contributed by atoms with Gasteiger partial charge in [0.15, 0.2) is 5.96 Å². The predicted octanol–water partition coefficient (Wildman–Crippen LogP) is 1.17. The highest BCUT2D eigenvalue weighted by Crippen LogP contribution is 1.98. The van der Waals surface area contributed by atoms with Gasteiger partial charge in [-0.05, 0) is 19.5 Å². The molecule has 8 heteroatoms. The van der Waals surface area contributed by atoms with Crippen molar-refractivity contribution in [3.63, 3.8) is 0 Å². The van der Waals surface area contributed by atoms with Crippen LogP contribution in [0.5, 0.6) is 0 Å². The summed E-state index contributed by atoms with van der Waals surface area (Å²) in [6, 6.07) is 0. The van der Waals surface area contributed by atoms with Crippen molar-refractivity contribution >= 4 is 29.9 Å². The Kier molecular flexibility index (Phi) is 11.2. The second-order valence-corrected chi connectivity index (χ2v) is 5.06. The van der Waals surface area contributed by atoms with Crippen molar-refractivity contribution in [2.75, 3.05) is 40.3 Å². The number of halogens is 1. The average Bonchev–Trinajstić information content (AvgIpc) is 2.87. The molecule has 0 aromatic carbocycles. The zero-order valence-corrected chi connectivity index (χ0v) is 16.7. The third kappa shape index (κ3) is 6.91. The molecule has 0 amide bonds. The smallest absolute Gasteiger partial charge is 0.193 e. The lowest BCUT2D eigenvalue weighted by molar-refractivity contribution is 0.291. The van der Waals surface area contributed by atoms with Crippen molar-refractivity contribution in [3.05, 3.63) is 12.2 Å². The van der Waals surface area contributed by atoms with Crippen LogP contribution in [0, 0.1) is 0 Å². The van der Waals surface area contributed by atoms with E-state index in [-0.39, 0.29) is 24.0 Å². The van der Waals surface area contributed by atoms with E-state index in [9.17, 15) is 0 Å². The first-order valence-electron chi connectivity index (χ1n) is 7.59. The summed E-state index contributed by atoms with van der Waals surface area (Å²) in [7, 11) is 5.71. The molecule has 7 nitrogen and oxygen atoms in total. The number of nitrogens with zero attached hydrogens (tertiary/aromatic N) is 6. The molecule has 1 rings (SSSR count). The molecule has 22 heavy (non-hydrogen) atoms. The highest BCUT2D eigenvalue weighted by Gasteiger charge is 2.10. The number of nitrogens with one attached hydrogen (secondary N) is 1. The van der Waals surface area contributed by atoms with E-state index >= 15 is 0 Å². The molecule has 0 fully saturated rings. The van der Waals surface area contributed by atoms with Crippen LogP contribution < -0.4 is 5.32 Å². The van der Waals surface area contributed by atoms with Gasteiger partial charge in [0.2, 0.25) is 0 Å². The van der Waals surface area contributed by atoms with E-state index in [1.54, 1.807) is 18.1 Å². The molecule has 0 saturated carbocycles.